The van der Waals surface area contributed by atoms with Crippen LogP contribution in [0.2, 0.25) is 0 Å². The molecular weight excluding hydrogens is 318 g/mol. The van der Waals surface area contributed by atoms with Gasteiger partial charge in [0.15, 0.2) is 0 Å². The molecule has 0 saturated carbocycles. The summed E-state index contributed by atoms with van der Waals surface area (Å²) >= 11 is 0. The van der Waals surface area contributed by atoms with Gasteiger partial charge in [-0.2, -0.15) is 0 Å². The van der Waals surface area contributed by atoms with E-state index in [4.69, 9.17) is 4.74 Å². The van der Waals surface area contributed by atoms with Gasteiger partial charge in [0.2, 0.25) is 0 Å². The van der Waals surface area contributed by atoms with E-state index in [-0.39, 0.29) is 12.1 Å². The van der Waals surface area contributed by atoms with Crippen LogP contribution in [0, 0.1) is 0 Å². The van der Waals surface area contributed by atoms with Crippen molar-refractivity contribution in [1.29, 1.82) is 0 Å². The van der Waals surface area contributed by atoms with Crippen LogP contribution in [0.1, 0.15) is 64.7 Å². The molecule has 140 valence electrons. The molecule has 5 nitrogen and oxygen atoms in total. The fourth-order valence-corrected chi connectivity index (χ4v) is 3.33. The standard InChI is InChI=1S/C20H31NO4/c1-19(2,3)25-18(23)21-12-8-11-16(21)17(22)15-10-7-6-9-14(15)13-20(4,5)24/h6-7,9-10,16-17,22,24H,8,11-13H2,1-5H3/t16-,17-/m0/s1. The monoisotopic (exact) mass is 349 g/mol. The number of aliphatic hydroxyl groups excluding tert-OH is 1. The van der Waals surface area contributed by atoms with E-state index < -0.39 is 17.3 Å². The number of likely N-dealkylation sites (tertiary alicyclic amines) is 1. The Kier molecular flexibility index (Phi) is 5.79. The fraction of sp³-hybridized carbons (Fsp3) is 0.650. The number of aliphatic hydroxyl groups is 2. The summed E-state index contributed by atoms with van der Waals surface area (Å²) in [4.78, 5) is 14.1. The van der Waals surface area contributed by atoms with Crippen LogP contribution in [0.15, 0.2) is 24.3 Å². The van der Waals surface area contributed by atoms with E-state index in [1.807, 2.05) is 45.0 Å². The lowest BCUT2D eigenvalue weighted by molar-refractivity contribution is 0.00444. The minimum absolute atomic E-state index is 0.308. The SMILES string of the molecule is CC(C)(O)Cc1ccccc1[C@H](O)[C@@H]1CCCN1C(=O)OC(C)(C)C. The van der Waals surface area contributed by atoms with Gasteiger partial charge in [0.05, 0.1) is 17.7 Å². The molecule has 0 unspecified atom stereocenters. The summed E-state index contributed by atoms with van der Waals surface area (Å²) in [7, 11) is 0. The molecule has 1 aromatic rings. The zero-order chi connectivity index (χ0) is 18.8. The molecule has 0 spiro atoms. The maximum atomic E-state index is 12.5. The molecule has 1 saturated heterocycles. The predicted molar refractivity (Wildman–Crippen MR) is 97.4 cm³/mol. The van der Waals surface area contributed by atoms with Crippen molar-refractivity contribution in [2.24, 2.45) is 0 Å². The molecular formula is C20H31NO4. The number of carbonyl (C=O) groups is 1. The van der Waals surface area contributed by atoms with E-state index in [1.54, 1.807) is 18.7 Å². The molecule has 1 aliphatic rings. The van der Waals surface area contributed by atoms with Crippen LogP contribution in [0.5, 0.6) is 0 Å². The van der Waals surface area contributed by atoms with Gasteiger partial charge < -0.3 is 19.8 Å². The number of rotatable bonds is 4. The highest BCUT2D eigenvalue weighted by atomic mass is 16.6. The third kappa shape index (κ3) is 5.44. The van der Waals surface area contributed by atoms with Crippen molar-refractivity contribution in [3.63, 3.8) is 0 Å². The second-order valence-electron chi connectivity index (χ2n) is 8.52. The molecule has 1 amide bonds. The maximum Gasteiger partial charge on any atom is 0.410 e. The maximum absolute atomic E-state index is 12.5. The Bertz CT molecular complexity index is 600. The second kappa shape index (κ2) is 7.34. The van der Waals surface area contributed by atoms with Crippen molar-refractivity contribution in [3.8, 4) is 0 Å². The summed E-state index contributed by atoms with van der Waals surface area (Å²) in [6.45, 7) is 9.60. The van der Waals surface area contributed by atoms with Gasteiger partial charge in [-0.3, -0.25) is 0 Å². The van der Waals surface area contributed by atoms with E-state index in [1.165, 1.54) is 0 Å². The summed E-state index contributed by atoms with van der Waals surface area (Å²) < 4.78 is 5.48. The molecule has 5 heteroatoms. The van der Waals surface area contributed by atoms with Crippen molar-refractivity contribution >= 4 is 6.09 Å². The lowest BCUT2D eigenvalue weighted by atomic mass is 9.90. The van der Waals surface area contributed by atoms with Crippen molar-refractivity contribution in [3.05, 3.63) is 35.4 Å². The number of carbonyl (C=O) groups excluding carboxylic acids is 1. The highest BCUT2D eigenvalue weighted by Gasteiger charge is 2.37. The van der Waals surface area contributed by atoms with Gasteiger partial charge in [-0.25, -0.2) is 4.79 Å². The summed E-state index contributed by atoms with van der Waals surface area (Å²) in [5.74, 6) is 0. The van der Waals surface area contributed by atoms with Crippen LogP contribution in [0.4, 0.5) is 4.79 Å². The normalized spacial score (nSPS) is 19.8. The zero-order valence-electron chi connectivity index (χ0n) is 16.0. The summed E-state index contributed by atoms with van der Waals surface area (Å²) in [6.07, 6.45) is 0.841. The molecule has 0 aliphatic carbocycles. The van der Waals surface area contributed by atoms with Gasteiger partial charge >= 0.3 is 6.09 Å². The first kappa shape index (κ1) is 19.7. The first-order valence-electron chi connectivity index (χ1n) is 8.96. The summed E-state index contributed by atoms with van der Waals surface area (Å²) in [5, 5.41) is 21.1. The number of hydrogen-bond donors (Lipinski definition) is 2. The molecule has 0 aromatic heterocycles. The number of nitrogens with zero attached hydrogens (tertiary/aromatic N) is 1. The lowest BCUT2D eigenvalue weighted by Crippen LogP contribution is -2.42. The van der Waals surface area contributed by atoms with E-state index >= 15 is 0 Å². The molecule has 25 heavy (non-hydrogen) atoms. The first-order chi connectivity index (χ1) is 11.5. The van der Waals surface area contributed by atoms with E-state index in [0.717, 1.165) is 24.0 Å². The third-order valence-corrected chi connectivity index (χ3v) is 4.29. The number of amides is 1. The minimum Gasteiger partial charge on any atom is -0.444 e. The number of benzene rings is 1. The van der Waals surface area contributed by atoms with E-state index in [0.29, 0.717) is 13.0 Å². The Morgan fingerprint density at radius 1 is 1.28 bits per heavy atom. The van der Waals surface area contributed by atoms with Gasteiger partial charge in [0.25, 0.3) is 0 Å². The highest BCUT2D eigenvalue weighted by Crippen LogP contribution is 2.33. The molecule has 0 radical (unpaired) electrons. The smallest absolute Gasteiger partial charge is 0.410 e. The first-order valence-corrected chi connectivity index (χ1v) is 8.96. The molecule has 2 N–H and O–H groups in total. The van der Waals surface area contributed by atoms with Crippen molar-refractivity contribution in [2.75, 3.05) is 6.54 Å². The molecule has 2 rings (SSSR count). The zero-order valence-corrected chi connectivity index (χ0v) is 16.0. The van der Waals surface area contributed by atoms with Crippen LogP contribution in [-0.2, 0) is 11.2 Å². The topological polar surface area (TPSA) is 70.0 Å². The molecule has 0 bridgehead atoms. The number of ether oxygens (including phenoxy) is 1. The average molecular weight is 349 g/mol. The Morgan fingerprint density at radius 3 is 2.52 bits per heavy atom. The largest absolute Gasteiger partial charge is 0.444 e. The molecule has 1 aromatic carbocycles. The van der Waals surface area contributed by atoms with Gasteiger partial charge in [-0.05, 0) is 58.6 Å². The average Bonchev–Trinajstić information content (AvgIpc) is 2.93. The van der Waals surface area contributed by atoms with Crippen LogP contribution in [-0.4, -0.2) is 45.0 Å². The minimum atomic E-state index is -0.865. The van der Waals surface area contributed by atoms with Crippen molar-refractivity contribution in [1.82, 2.24) is 4.90 Å². The van der Waals surface area contributed by atoms with Crippen LogP contribution < -0.4 is 0 Å². The third-order valence-electron chi connectivity index (χ3n) is 4.29. The fourth-order valence-electron chi connectivity index (χ4n) is 3.33. The molecule has 1 fully saturated rings. The Hall–Kier alpha value is -1.59. The summed E-state index contributed by atoms with van der Waals surface area (Å²) in [6, 6.07) is 7.26. The lowest BCUT2D eigenvalue weighted by Gasteiger charge is -2.32. The van der Waals surface area contributed by atoms with Gasteiger partial charge in [-0.15, -0.1) is 0 Å². The molecule has 2 atom stereocenters. The number of hydrogen-bond acceptors (Lipinski definition) is 4. The van der Waals surface area contributed by atoms with Crippen molar-refractivity contribution < 1.29 is 19.7 Å². The van der Waals surface area contributed by atoms with Crippen LogP contribution in [0.3, 0.4) is 0 Å². The molecule has 1 aliphatic heterocycles. The van der Waals surface area contributed by atoms with Crippen LogP contribution in [0.25, 0.3) is 0 Å². The van der Waals surface area contributed by atoms with Gasteiger partial charge in [0, 0.05) is 13.0 Å². The van der Waals surface area contributed by atoms with E-state index in [9.17, 15) is 15.0 Å². The second-order valence-corrected chi connectivity index (χ2v) is 8.52. The predicted octanol–water partition coefficient (Wildman–Crippen LogP) is 3.43. The Balaban J connectivity index is 2.22. The highest BCUT2D eigenvalue weighted by molar-refractivity contribution is 5.69. The van der Waals surface area contributed by atoms with Gasteiger partial charge in [-0.1, -0.05) is 24.3 Å². The quantitative estimate of drug-likeness (QED) is 0.874. The summed E-state index contributed by atoms with van der Waals surface area (Å²) in [5.41, 5.74) is 0.244. The Labute approximate surface area is 150 Å². The van der Waals surface area contributed by atoms with Gasteiger partial charge in [0.1, 0.15) is 5.60 Å². The Morgan fingerprint density at radius 2 is 1.92 bits per heavy atom. The van der Waals surface area contributed by atoms with E-state index in [2.05, 4.69) is 0 Å². The molecule has 1 heterocycles. The van der Waals surface area contributed by atoms with Crippen molar-refractivity contribution in [2.45, 2.75) is 77.2 Å². The van der Waals surface area contributed by atoms with Crippen LogP contribution >= 0.6 is 0 Å².